The monoisotopic (exact) mass is 661 g/mol. The van der Waals surface area contributed by atoms with Gasteiger partial charge in [-0.25, -0.2) is 13.4 Å². The molecule has 4 aromatic rings. The number of hydrogen-bond acceptors (Lipinski definition) is 10. The number of aromatic nitrogens is 2. The molecule has 0 bridgehead atoms. The molecule has 0 atom stereocenters. The number of nitrogens with zero attached hydrogens (tertiary/aromatic N) is 3. The number of anilines is 3. The Morgan fingerprint density at radius 1 is 1.00 bits per heavy atom. The molecule has 47 heavy (non-hydrogen) atoms. The Balaban J connectivity index is 1.45. The second-order valence-electron chi connectivity index (χ2n) is 12.1. The molecule has 13 heteroatoms. The number of Topliss-reactive ketones (excluding diaryl/α,β-unsaturated/α-hetero) is 1. The summed E-state index contributed by atoms with van der Waals surface area (Å²) < 4.78 is 45.1. The Kier molecular flexibility index (Phi) is 9.96. The first kappa shape index (κ1) is 33.6. The van der Waals surface area contributed by atoms with Crippen LogP contribution in [0.25, 0.3) is 10.8 Å². The Hall–Kier alpha value is -4.75. The molecule has 0 spiro atoms. The molecule has 2 heterocycles. The molecule has 1 fully saturated rings. The second-order valence-corrected chi connectivity index (χ2v) is 14.0. The Morgan fingerprint density at radius 3 is 2.38 bits per heavy atom. The highest BCUT2D eigenvalue weighted by atomic mass is 32.2. The van der Waals surface area contributed by atoms with Gasteiger partial charge in [-0.05, 0) is 47.1 Å². The minimum Gasteiger partial charge on any atom is -0.492 e. The maximum absolute atomic E-state index is 13.7. The van der Waals surface area contributed by atoms with Gasteiger partial charge in [-0.1, -0.05) is 52.0 Å². The van der Waals surface area contributed by atoms with Crippen molar-refractivity contribution in [1.29, 1.82) is 0 Å². The minimum absolute atomic E-state index is 0.0882. The van der Waals surface area contributed by atoms with Crippen LogP contribution in [0.3, 0.4) is 0 Å². The van der Waals surface area contributed by atoms with Crippen LogP contribution in [-0.2, 0) is 25.0 Å². The number of amides is 1. The first-order valence-corrected chi connectivity index (χ1v) is 17.0. The summed E-state index contributed by atoms with van der Waals surface area (Å²) in [4.78, 5) is 38.2. The van der Waals surface area contributed by atoms with E-state index in [4.69, 9.17) is 14.2 Å². The van der Waals surface area contributed by atoms with Gasteiger partial charge in [0, 0.05) is 36.3 Å². The SMILES string of the molecule is CCCS(=O)(=O)Nc1cc(C(C)(C)C)cc(NC(=O)C(=O)c2ccc(Oc3ccnc(N4CCOCC4)n3)c3ccccc23)c1OC. The molecule has 0 unspecified atom stereocenters. The number of rotatable bonds is 11. The van der Waals surface area contributed by atoms with Crippen LogP contribution in [0.5, 0.6) is 17.4 Å². The van der Waals surface area contributed by atoms with E-state index in [2.05, 4.69) is 20.0 Å². The van der Waals surface area contributed by atoms with Crippen molar-refractivity contribution in [3.8, 4) is 17.4 Å². The lowest BCUT2D eigenvalue weighted by atomic mass is 9.86. The number of ketones is 1. The number of ether oxygens (including phenoxy) is 3. The third-order valence-corrected chi connectivity index (χ3v) is 9.08. The lowest BCUT2D eigenvalue weighted by Crippen LogP contribution is -2.37. The first-order chi connectivity index (χ1) is 22.4. The molecular formula is C34H39N5O7S. The van der Waals surface area contributed by atoms with Gasteiger partial charge in [0.2, 0.25) is 21.9 Å². The molecule has 1 amide bonds. The van der Waals surface area contributed by atoms with E-state index in [1.165, 1.54) is 13.2 Å². The Labute approximate surface area is 274 Å². The highest BCUT2D eigenvalue weighted by Crippen LogP contribution is 2.40. The van der Waals surface area contributed by atoms with E-state index in [9.17, 15) is 18.0 Å². The quantitative estimate of drug-likeness (QED) is 0.155. The van der Waals surface area contributed by atoms with Gasteiger partial charge in [0.05, 0.1) is 37.5 Å². The van der Waals surface area contributed by atoms with Crippen LogP contribution in [-0.4, -0.2) is 69.2 Å². The lowest BCUT2D eigenvalue weighted by molar-refractivity contribution is -0.112. The summed E-state index contributed by atoms with van der Waals surface area (Å²) in [6.45, 7) is 10.2. The van der Waals surface area contributed by atoms with Gasteiger partial charge < -0.3 is 24.4 Å². The van der Waals surface area contributed by atoms with E-state index in [0.717, 1.165) is 5.56 Å². The molecule has 1 aliphatic rings. The van der Waals surface area contributed by atoms with Crippen LogP contribution in [0, 0.1) is 0 Å². The predicted octanol–water partition coefficient (Wildman–Crippen LogP) is 5.54. The molecule has 0 aliphatic carbocycles. The van der Waals surface area contributed by atoms with Gasteiger partial charge in [0.15, 0.2) is 5.75 Å². The zero-order valence-corrected chi connectivity index (χ0v) is 27.9. The predicted molar refractivity (Wildman–Crippen MR) is 181 cm³/mol. The van der Waals surface area contributed by atoms with Crippen molar-refractivity contribution in [2.75, 3.05) is 54.1 Å². The normalized spacial score (nSPS) is 13.7. The van der Waals surface area contributed by atoms with Gasteiger partial charge in [-0.15, -0.1) is 0 Å². The molecule has 248 valence electrons. The molecule has 1 aromatic heterocycles. The summed E-state index contributed by atoms with van der Waals surface area (Å²) in [7, 11) is -2.31. The fraction of sp³-hybridized carbons (Fsp3) is 0.353. The largest absolute Gasteiger partial charge is 0.492 e. The second kappa shape index (κ2) is 13.9. The minimum atomic E-state index is -3.68. The number of fused-ring (bicyclic) bond motifs is 1. The highest BCUT2D eigenvalue weighted by molar-refractivity contribution is 7.92. The van der Waals surface area contributed by atoms with Crippen molar-refractivity contribution in [3.63, 3.8) is 0 Å². The van der Waals surface area contributed by atoms with Crippen molar-refractivity contribution in [2.24, 2.45) is 0 Å². The number of morpholine rings is 1. The number of benzene rings is 3. The number of methoxy groups -OCH3 is 1. The highest BCUT2D eigenvalue weighted by Gasteiger charge is 2.26. The van der Waals surface area contributed by atoms with Crippen molar-refractivity contribution in [1.82, 2.24) is 9.97 Å². The first-order valence-electron chi connectivity index (χ1n) is 15.3. The summed E-state index contributed by atoms with van der Waals surface area (Å²) >= 11 is 0. The van der Waals surface area contributed by atoms with E-state index in [0.29, 0.717) is 61.1 Å². The molecule has 12 nitrogen and oxygen atoms in total. The molecule has 0 saturated carbocycles. The average Bonchev–Trinajstić information content (AvgIpc) is 3.04. The van der Waals surface area contributed by atoms with E-state index in [1.54, 1.807) is 55.6 Å². The Morgan fingerprint density at radius 2 is 1.70 bits per heavy atom. The lowest BCUT2D eigenvalue weighted by Gasteiger charge is -2.26. The molecule has 0 radical (unpaired) electrons. The maximum atomic E-state index is 13.7. The van der Waals surface area contributed by atoms with E-state index in [-0.39, 0.29) is 28.4 Å². The summed E-state index contributed by atoms with van der Waals surface area (Å²) in [6, 6.07) is 15.3. The van der Waals surface area contributed by atoms with Crippen LogP contribution < -0.4 is 24.4 Å². The van der Waals surface area contributed by atoms with Crippen molar-refractivity contribution in [2.45, 2.75) is 39.5 Å². The van der Waals surface area contributed by atoms with Crippen molar-refractivity contribution >= 4 is 49.8 Å². The van der Waals surface area contributed by atoms with Crippen molar-refractivity contribution in [3.05, 3.63) is 71.9 Å². The Bertz CT molecular complexity index is 1900. The smallest absolute Gasteiger partial charge is 0.296 e. The van der Waals surface area contributed by atoms with Crippen LogP contribution in [0.2, 0.25) is 0 Å². The van der Waals surface area contributed by atoms with Crippen LogP contribution in [0.15, 0.2) is 60.8 Å². The van der Waals surface area contributed by atoms with Crippen molar-refractivity contribution < 1.29 is 32.2 Å². The number of carbonyl (C=O) groups is 2. The third-order valence-electron chi connectivity index (χ3n) is 7.61. The molecule has 2 N–H and O–H groups in total. The van der Waals surface area contributed by atoms with Crippen LogP contribution >= 0.6 is 0 Å². The maximum Gasteiger partial charge on any atom is 0.296 e. The van der Waals surface area contributed by atoms with E-state index >= 15 is 0 Å². The number of nitrogens with one attached hydrogen (secondary N) is 2. The molecule has 3 aromatic carbocycles. The number of hydrogen-bond donors (Lipinski definition) is 2. The molecule has 1 saturated heterocycles. The van der Waals surface area contributed by atoms with Crippen LogP contribution in [0.4, 0.5) is 17.3 Å². The average molecular weight is 662 g/mol. The summed E-state index contributed by atoms with van der Waals surface area (Å²) in [6.07, 6.45) is 2.04. The number of sulfonamides is 1. The zero-order chi connectivity index (χ0) is 33.8. The summed E-state index contributed by atoms with van der Waals surface area (Å²) in [5, 5.41) is 3.80. The standard InChI is InChI=1S/C34H39N5O7S/c1-6-19-47(42,43)38-27-21-22(34(2,3)4)20-26(31(27)44-5)36-32(41)30(40)25-11-12-28(24-10-8-7-9-23(24)25)46-29-13-14-35-33(37-29)39-15-17-45-18-16-39/h7-14,20-21,38H,6,15-19H2,1-5H3,(H,36,41). The van der Waals surface area contributed by atoms with Gasteiger partial charge >= 0.3 is 0 Å². The molecule has 1 aliphatic heterocycles. The third kappa shape index (κ3) is 7.80. The summed E-state index contributed by atoms with van der Waals surface area (Å²) in [5.74, 6) is -0.385. The van der Waals surface area contributed by atoms with Gasteiger partial charge in [0.25, 0.3) is 11.7 Å². The topological polar surface area (TPSA) is 149 Å². The molecule has 5 rings (SSSR count). The van der Waals surface area contributed by atoms with Gasteiger partial charge in [0.1, 0.15) is 5.75 Å². The fourth-order valence-electron chi connectivity index (χ4n) is 5.22. The zero-order valence-electron chi connectivity index (χ0n) is 27.1. The van der Waals surface area contributed by atoms with E-state index < -0.39 is 27.1 Å². The van der Waals surface area contributed by atoms with Crippen LogP contribution in [0.1, 0.15) is 50.0 Å². The van der Waals surface area contributed by atoms with Gasteiger partial charge in [-0.2, -0.15) is 4.98 Å². The van der Waals surface area contributed by atoms with Gasteiger partial charge in [-0.3, -0.25) is 14.3 Å². The number of carbonyl (C=O) groups excluding carboxylic acids is 2. The molecular weight excluding hydrogens is 622 g/mol. The van der Waals surface area contributed by atoms with E-state index in [1.807, 2.05) is 31.7 Å². The fourth-order valence-corrected chi connectivity index (χ4v) is 6.34. The summed E-state index contributed by atoms with van der Waals surface area (Å²) in [5.41, 5.74) is 0.807.